The molecule has 0 amide bonds. The Hall–Kier alpha value is -2.10. The number of rotatable bonds is 7. The topological polar surface area (TPSA) is 27.6 Å². The molecule has 1 aromatic carbocycles. The van der Waals surface area contributed by atoms with Crippen LogP contribution in [-0.2, 0) is 6.42 Å². The van der Waals surface area contributed by atoms with Gasteiger partial charge in [-0.15, -0.1) is 0 Å². The van der Waals surface area contributed by atoms with Gasteiger partial charge in [-0.1, -0.05) is 36.4 Å². The number of piperidine rings is 1. The second-order valence-corrected chi connectivity index (χ2v) is 8.70. The molecule has 1 aliphatic heterocycles. The normalized spacial score (nSPS) is 21.5. The van der Waals surface area contributed by atoms with Crippen molar-refractivity contribution >= 4 is 17.8 Å². The number of nitrogens with zero attached hydrogens (tertiary/aromatic N) is 2. The first kappa shape index (κ1) is 22.6. The standard InChI is InChI=1S/C26H34ClN3/c1-4-6-14-29-25-9-7-8-22-17-23(27)10-11-24(22)26(25)21-12-15-30(16-13-21)19-20(3)18-28-5-2/h4-6,9-11,14,17-18,21,26,28H,2,7-8,12-13,15-16,19H2,1,3H3/b6-4-,20-18+,29-14?. The van der Waals surface area contributed by atoms with E-state index in [1.807, 2.05) is 37.6 Å². The quantitative estimate of drug-likeness (QED) is 0.525. The zero-order valence-corrected chi connectivity index (χ0v) is 19.0. The summed E-state index contributed by atoms with van der Waals surface area (Å²) in [5, 5.41) is 3.92. The molecule has 160 valence electrons. The molecule has 4 heteroatoms. The van der Waals surface area contributed by atoms with Crippen LogP contribution in [0, 0.1) is 5.92 Å². The largest absolute Gasteiger partial charge is 0.368 e. The Bertz CT molecular complexity index is 842. The van der Waals surface area contributed by atoms with Crippen molar-refractivity contribution < 1.29 is 0 Å². The molecule has 0 bridgehead atoms. The second-order valence-electron chi connectivity index (χ2n) is 8.27. The van der Waals surface area contributed by atoms with Crippen LogP contribution < -0.4 is 5.32 Å². The van der Waals surface area contributed by atoms with Gasteiger partial charge in [0.25, 0.3) is 0 Å². The van der Waals surface area contributed by atoms with Crippen LogP contribution in [0.25, 0.3) is 0 Å². The van der Waals surface area contributed by atoms with Gasteiger partial charge in [-0.25, -0.2) is 0 Å². The van der Waals surface area contributed by atoms with E-state index in [1.54, 1.807) is 6.20 Å². The van der Waals surface area contributed by atoms with Crippen LogP contribution in [0.15, 0.2) is 71.7 Å². The Morgan fingerprint density at radius 2 is 2.13 bits per heavy atom. The molecule has 1 unspecified atom stereocenters. The van der Waals surface area contributed by atoms with Gasteiger partial charge in [-0.05, 0) is 99.6 Å². The molecule has 30 heavy (non-hydrogen) atoms. The number of allylic oxidation sites excluding steroid dienone is 4. The minimum Gasteiger partial charge on any atom is -0.368 e. The lowest BCUT2D eigenvalue weighted by atomic mass is 9.77. The van der Waals surface area contributed by atoms with E-state index in [1.165, 1.54) is 35.2 Å². The third-order valence-electron chi connectivity index (χ3n) is 6.05. The zero-order valence-electron chi connectivity index (χ0n) is 18.3. The predicted molar refractivity (Wildman–Crippen MR) is 130 cm³/mol. The molecule has 0 radical (unpaired) electrons. The Labute approximate surface area is 186 Å². The fraction of sp³-hybridized carbons (Fsp3) is 0.423. The van der Waals surface area contributed by atoms with Crippen molar-refractivity contribution in [1.29, 1.82) is 0 Å². The third kappa shape index (κ3) is 5.96. The molecule has 1 saturated heterocycles. The van der Waals surface area contributed by atoms with Crippen LogP contribution in [0.2, 0.25) is 5.02 Å². The predicted octanol–water partition coefficient (Wildman–Crippen LogP) is 6.25. The SMILES string of the molecule is C=CN/C=C(\C)CN1CCC(C2C(N=C/C=C\C)=CCCc3cc(Cl)ccc32)CC1. The maximum atomic E-state index is 6.33. The minimum absolute atomic E-state index is 0.350. The molecular formula is C26H34ClN3. The van der Waals surface area contributed by atoms with E-state index in [0.29, 0.717) is 11.8 Å². The van der Waals surface area contributed by atoms with Crippen LogP contribution in [0.5, 0.6) is 0 Å². The summed E-state index contributed by atoms with van der Waals surface area (Å²) in [6.45, 7) is 11.2. The summed E-state index contributed by atoms with van der Waals surface area (Å²) in [6.07, 6.45) is 16.5. The summed E-state index contributed by atoms with van der Waals surface area (Å²) < 4.78 is 0. The first-order valence-electron chi connectivity index (χ1n) is 11.0. The van der Waals surface area contributed by atoms with E-state index in [2.05, 4.69) is 41.9 Å². The van der Waals surface area contributed by atoms with Crippen LogP contribution in [0.3, 0.4) is 0 Å². The molecule has 1 aliphatic carbocycles. The summed E-state index contributed by atoms with van der Waals surface area (Å²) in [6, 6.07) is 6.45. The van der Waals surface area contributed by atoms with Gasteiger partial charge < -0.3 is 5.32 Å². The highest BCUT2D eigenvalue weighted by atomic mass is 35.5. The van der Waals surface area contributed by atoms with E-state index in [4.69, 9.17) is 16.6 Å². The molecule has 1 heterocycles. The maximum absolute atomic E-state index is 6.33. The van der Waals surface area contributed by atoms with Gasteiger partial charge in [-0.2, -0.15) is 0 Å². The number of nitrogens with one attached hydrogen (secondary N) is 1. The van der Waals surface area contributed by atoms with Gasteiger partial charge in [0.05, 0.1) is 0 Å². The molecule has 1 atom stereocenters. The van der Waals surface area contributed by atoms with Crippen molar-refractivity contribution in [3.63, 3.8) is 0 Å². The summed E-state index contributed by atoms with van der Waals surface area (Å²) in [5.41, 5.74) is 5.36. The fourth-order valence-corrected chi connectivity index (χ4v) is 4.84. The van der Waals surface area contributed by atoms with E-state index in [-0.39, 0.29) is 0 Å². The number of hydrogen-bond acceptors (Lipinski definition) is 3. The van der Waals surface area contributed by atoms with E-state index < -0.39 is 0 Å². The van der Waals surface area contributed by atoms with Crippen molar-refractivity contribution in [3.8, 4) is 0 Å². The van der Waals surface area contributed by atoms with E-state index >= 15 is 0 Å². The maximum Gasteiger partial charge on any atom is 0.0441 e. The molecule has 3 rings (SSSR count). The fourth-order valence-electron chi connectivity index (χ4n) is 4.64. The summed E-state index contributed by atoms with van der Waals surface area (Å²) >= 11 is 6.33. The molecular weight excluding hydrogens is 390 g/mol. The van der Waals surface area contributed by atoms with Crippen molar-refractivity contribution in [2.75, 3.05) is 19.6 Å². The van der Waals surface area contributed by atoms with E-state index in [0.717, 1.165) is 37.5 Å². The van der Waals surface area contributed by atoms with Crippen molar-refractivity contribution in [3.05, 3.63) is 82.8 Å². The molecule has 0 spiro atoms. The highest BCUT2D eigenvalue weighted by Crippen LogP contribution is 2.42. The Kier molecular flexibility index (Phi) is 8.53. The summed E-state index contributed by atoms with van der Waals surface area (Å²) in [5.74, 6) is 0.950. The average Bonchev–Trinajstić information content (AvgIpc) is 2.92. The van der Waals surface area contributed by atoms with Crippen LogP contribution in [0.1, 0.15) is 50.2 Å². The molecule has 1 aromatic rings. The van der Waals surface area contributed by atoms with Gasteiger partial charge in [0, 0.05) is 35.6 Å². The van der Waals surface area contributed by atoms with Crippen LogP contribution >= 0.6 is 11.6 Å². The summed E-state index contributed by atoms with van der Waals surface area (Å²) in [7, 11) is 0. The van der Waals surface area contributed by atoms with Crippen LogP contribution in [0.4, 0.5) is 0 Å². The van der Waals surface area contributed by atoms with Crippen molar-refractivity contribution in [1.82, 2.24) is 10.2 Å². The van der Waals surface area contributed by atoms with Gasteiger partial charge in [-0.3, -0.25) is 9.89 Å². The molecule has 1 N–H and O–H groups in total. The Morgan fingerprint density at radius 3 is 2.87 bits per heavy atom. The molecule has 2 aliphatic rings. The second kappa shape index (κ2) is 11.3. The lowest BCUT2D eigenvalue weighted by Gasteiger charge is -2.37. The smallest absolute Gasteiger partial charge is 0.0441 e. The first-order chi connectivity index (χ1) is 14.6. The average molecular weight is 424 g/mol. The Balaban J connectivity index is 1.79. The van der Waals surface area contributed by atoms with Gasteiger partial charge in [0.15, 0.2) is 0 Å². The lowest BCUT2D eigenvalue weighted by molar-refractivity contribution is 0.185. The first-order valence-corrected chi connectivity index (χ1v) is 11.4. The monoisotopic (exact) mass is 423 g/mol. The Morgan fingerprint density at radius 1 is 1.33 bits per heavy atom. The molecule has 1 fully saturated rings. The van der Waals surface area contributed by atoms with E-state index in [9.17, 15) is 0 Å². The number of halogens is 1. The van der Waals surface area contributed by atoms with Gasteiger partial charge in [0.1, 0.15) is 0 Å². The van der Waals surface area contributed by atoms with Crippen molar-refractivity contribution in [2.45, 2.75) is 45.4 Å². The zero-order chi connectivity index (χ0) is 21.3. The van der Waals surface area contributed by atoms with Crippen LogP contribution in [-0.4, -0.2) is 30.7 Å². The number of benzene rings is 1. The number of aliphatic imine (C=N–C) groups is 1. The molecule has 3 nitrogen and oxygen atoms in total. The number of fused-ring (bicyclic) bond motifs is 1. The molecule has 0 saturated carbocycles. The number of aryl methyl sites for hydroxylation is 1. The highest BCUT2D eigenvalue weighted by Gasteiger charge is 2.32. The lowest BCUT2D eigenvalue weighted by Crippen LogP contribution is -2.37. The number of hydrogen-bond donors (Lipinski definition) is 1. The third-order valence-corrected chi connectivity index (χ3v) is 6.29. The number of likely N-dealkylation sites (tertiary alicyclic amines) is 1. The minimum atomic E-state index is 0.350. The summed E-state index contributed by atoms with van der Waals surface area (Å²) in [4.78, 5) is 7.44. The van der Waals surface area contributed by atoms with Gasteiger partial charge in [0.2, 0.25) is 0 Å². The molecule has 0 aromatic heterocycles. The van der Waals surface area contributed by atoms with Gasteiger partial charge >= 0.3 is 0 Å². The highest BCUT2D eigenvalue weighted by molar-refractivity contribution is 6.30. The van der Waals surface area contributed by atoms with Crippen molar-refractivity contribution in [2.24, 2.45) is 10.9 Å².